The van der Waals surface area contributed by atoms with Gasteiger partial charge in [0.2, 0.25) is 5.91 Å². The summed E-state index contributed by atoms with van der Waals surface area (Å²) in [7, 11) is -3.82. The van der Waals surface area contributed by atoms with E-state index in [2.05, 4.69) is 5.32 Å². The van der Waals surface area contributed by atoms with Crippen LogP contribution in [0, 0.1) is 0 Å². The molecular weight excluding hydrogens is 362 g/mol. The Morgan fingerprint density at radius 1 is 1.38 bits per heavy atom. The third kappa shape index (κ3) is 2.84. The molecule has 0 unspecified atom stereocenters. The second-order valence-corrected chi connectivity index (χ2v) is 8.59. The summed E-state index contributed by atoms with van der Waals surface area (Å²) in [6.45, 7) is 1.36. The number of aliphatic carboxylic acids is 1. The number of allylic oxidation sites excluding steroid dienone is 3. The highest BCUT2D eigenvalue weighted by Gasteiger charge is 2.60. The summed E-state index contributed by atoms with van der Waals surface area (Å²) in [5.74, 6) is -3.29. The van der Waals surface area contributed by atoms with E-state index in [1.807, 2.05) is 18.2 Å². The van der Waals surface area contributed by atoms with Gasteiger partial charge in [0.25, 0.3) is 5.91 Å². The molecule has 0 aromatic rings. The van der Waals surface area contributed by atoms with E-state index in [-0.39, 0.29) is 11.3 Å². The van der Waals surface area contributed by atoms with Gasteiger partial charge in [-0.25, -0.2) is 13.2 Å². The minimum atomic E-state index is -3.82. The Balaban J connectivity index is 1.81. The Hall–Kier alpha value is -2.46. The second-order valence-electron chi connectivity index (χ2n) is 6.49. The van der Waals surface area contributed by atoms with Crippen molar-refractivity contribution in [3.05, 3.63) is 35.1 Å². The molecular formula is C16H19N3O6S. The number of hydrogen-bond donors (Lipinski definition) is 3. The van der Waals surface area contributed by atoms with Crippen molar-refractivity contribution in [3.8, 4) is 0 Å². The van der Waals surface area contributed by atoms with E-state index < -0.39 is 50.8 Å². The molecule has 1 saturated heterocycles. The van der Waals surface area contributed by atoms with Crippen LogP contribution in [0.1, 0.15) is 19.8 Å². The number of nitrogens with one attached hydrogen (secondary N) is 1. The van der Waals surface area contributed by atoms with Gasteiger partial charge in [-0.15, -0.1) is 0 Å². The first-order chi connectivity index (χ1) is 12.1. The molecule has 2 amide bonds. The Morgan fingerprint density at radius 3 is 2.65 bits per heavy atom. The molecule has 2 heterocycles. The minimum Gasteiger partial charge on any atom is -0.477 e. The molecule has 4 N–H and O–H groups in total. The molecule has 26 heavy (non-hydrogen) atoms. The van der Waals surface area contributed by atoms with Gasteiger partial charge in [0.15, 0.2) is 15.2 Å². The summed E-state index contributed by atoms with van der Waals surface area (Å²) in [4.78, 5) is 36.8. The third-order valence-corrected chi connectivity index (χ3v) is 6.75. The number of carbonyl (C=O) groups excluding carboxylic acids is 2. The third-order valence-electron chi connectivity index (χ3n) is 4.69. The van der Waals surface area contributed by atoms with Crippen LogP contribution in [-0.2, 0) is 24.2 Å². The van der Waals surface area contributed by atoms with Crippen molar-refractivity contribution in [1.29, 1.82) is 0 Å². The van der Waals surface area contributed by atoms with Crippen LogP contribution in [0.3, 0.4) is 0 Å². The average Bonchev–Trinajstić information content (AvgIpc) is 2.58. The maximum atomic E-state index is 12.4. The highest BCUT2D eigenvalue weighted by atomic mass is 32.2. The van der Waals surface area contributed by atoms with Crippen LogP contribution < -0.4 is 11.1 Å². The van der Waals surface area contributed by atoms with E-state index in [4.69, 9.17) is 5.73 Å². The molecule has 140 valence electrons. The van der Waals surface area contributed by atoms with Crippen molar-refractivity contribution in [1.82, 2.24) is 10.2 Å². The first-order valence-corrected chi connectivity index (χ1v) is 9.74. The lowest BCUT2D eigenvalue weighted by Crippen LogP contribution is -2.75. The number of nitrogens with two attached hydrogens (primary N) is 1. The minimum absolute atomic E-state index is 0.0859. The lowest BCUT2D eigenvalue weighted by Gasteiger charge is -2.49. The summed E-state index contributed by atoms with van der Waals surface area (Å²) in [5, 5.41) is 10.2. The van der Waals surface area contributed by atoms with Crippen molar-refractivity contribution < 1.29 is 27.9 Å². The molecule has 3 aliphatic rings. The molecule has 0 saturated carbocycles. The molecule has 3 rings (SSSR count). The van der Waals surface area contributed by atoms with Gasteiger partial charge in [0.1, 0.15) is 17.8 Å². The van der Waals surface area contributed by atoms with Crippen LogP contribution in [0.25, 0.3) is 0 Å². The molecule has 2 aliphatic heterocycles. The van der Waals surface area contributed by atoms with Crippen molar-refractivity contribution in [3.63, 3.8) is 0 Å². The van der Waals surface area contributed by atoms with Gasteiger partial charge >= 0.3 is 5.97 Å². The number of carboxylic acid groups (broad SMARTS) is 1. The normalized spacial score (nSPS) is 28.0. The second kappa shape index (κ2) is 6.36. The summed E-state index contributed by atoms with van der Waals surface area (Å²) >= 11 is 0. The lowest BCUT2D eigenvalue weighted by molar-refractivity contribution is -0.151. The number of β-lactam (4-membered cyclic amide) rings is 1. The number of hydrogen-bond acceptors (Lipinski definition) is 6. The predicted octanol–water partition coefficient (Wildman–Crippen LogP) is -0.970. The Kier molecular flexibility index (Phi) is 4.49. The van der Waals surface area contributed by atoms with E-state index >= 15 is 0 Å². The monoisotopic (exact) mass is 381 g/mol. The summed E-state index contributed by atoms with van der Waals surface area (Å²) < 4.78 is 24.8. The highest BCUT2D eigenvalue weighted by Crippen LogP contribution is 2.36. The predicted molar refractivity (Wildman–Crippen MR) is 91.1 cm³/mol. The molecule has 1 fully saturated rings. The van der Waals surface area contributed by atoms with E-state index in [1.54, 1.807) is 0 Å². The van der Waals surface area contributed by atoms with Crippen molar-refractivity contribution in [2.45, 2.75) is 37.2 Å². The van der Waals surface area contributed by atoms with E-state index in [0.717, 1.165) is 4.90 Å². The number of carboxylic acids is 1. The maximum absolute atomic E-state index is 12.4. The Labute approximate surface area is 150 Å². The number of fused-ring (bicyclic) bond motifs is 1. The average molecular weight is 381 g/mol. The van der Waals surface area contributed by atoms with E-state index in [9.17, 15) is 27.9 Å². The standard InChI is InChI=1S/C16H19N3O6S/c1-8-7-26(24,25)15-11(14(21)19(15)12(8)16(22)23)18-13(20)10(17)9-5-3-2-4-6-9/h2-3,6,10-11,15H,4-5,7,17H2,1H3,(H,18,20)(H,22,23)/t10-,11-,15-/m1/s1. The van der Waals surface area contributed by atoms with Crippen molar-refractivity contribution >= 4 is 27.6 Å². The molecule has 0 bridgehead atoms. The van der Waals surface area contributed by atoms with Gasteiger partial charge in [-0.2, -0.15) is 0 Å². The van der Waals surface area contributed by atoms with Crippen LogP contribution >= 0.6 is 0 Å². The highest BCUT2D eigenvalue weighted by molar-refractivity contribution is 7.92. The first-order valence-electron chi connectivity index (χ1n) is 8.02. The zero-order valence-electron chi connectivity index (χ0n) is 14.0. The van der Waals surface area contributed by atoms with Gasteiger partial charge in [0, 0.05) is 0 Å². The zero-order valence-corrected chi connectivity index (χ0v) is 14.8. The molecule has 0 aromatic carbocycles. The van der Waals surface area contributed by atoms with Gasteiger partial charge in [-0.1, -0.05) is 18.2 Å². The smallest absolute Gasteiger partial charge is 0.352 e. The molecule has 3 atom stereocenters. The van der Waals surface area contributed by atoms with Crippen molar-refractivity contribution in [2.75, 3.05) is 5.75 Å². The van der Waals surface area contributed by atoms with Crippen molar-refractivity contribution in [2.24, 2.45) is 5.73 Å². The Bertz CT molecular complexity index is 886. The van der Waals surface area contributed by atoms with Crippen LogP contribution in [0.15, 0.2) is 35.1 Å². The lowest BCUT2D eigenvalue weighted by atomic mass is 9.97. The van der Waals surface area contributed by atoms with E-state index in [0.29, 0.717) is 18.4 Å². The van der Waals surface area contributed by atoms with Crippen LogP contribution in [-0.4, -0.2) is 59.4 Å². The van der Waals surface area contributed by atoms with Gasteiger partial charge in [-0.3, -0.25) is 14.5 Å². The Morgan fingerprint density at radius 2 is 2.08 bits per heavy atom. The quantitative estimate of drug-likeness (QED) is 0.419. The number of amides is 2. The maximum Gasteiger partial charge on any atom is 0.352 e. The SMILES string of the molecule is CC1=C(C(=O)O)N2C(=O)[C@@H](NC(=O)[C@H](N)C3=CCC=CC3)[C@H]2S(=O)(=O)C1. The van der Waals surface area contributed by atoms with Crippen LogP contribution in [0.2, 0.25) is 0 Å². The van der Waals surface area contributed by atoms with Gasteiger partial charge in [-0.05, 0) is 30.9 Å². The molecule has 10 heteroatoms. The van der Waals surface area contributed by atoms with Gasteiger partial charge in [0.05, 0.1) is 5.75 Å². The summed E-state index contributed by atoms with van der Waals surface area (Å²) in [5.41, 5.74) is 6.33. The van der Waals surface area contributed by atoms with Crippen LogP contribution in [0.4, 0.5) is 0 Å². The first kappa shape index (κ1) is 18.3. The molecule has 0 aromatic heterocycles. The topological polar surface area (TPSA) is 147 Å². The molecule has 9 nitrogen and oxygen atoms in total. The number of sulfone groups is 1. The largest absolute Gasteiger partial charge is 0.477 e. The molecule has 0 radical (unpaired) electrons. The summed E-state index contributed by atoms with van der Waals surface area (Å²) in [6.07, 6.45) is 6.77. The number of rotatable bonds is 4. The molecule has 0 spiro atoms. The molecule has 1 aliphatic carbocycles. The fraction of sp³-hybridized carbons (Fsp3) is 0.438. The number of carbonyl (C=O) groups is 3. The van der Waals surface area contributed by atoms with Gasteiger partial charge < -0.3 is 16.2 Å². The fourth-order valence-corrected chi connectivity index (χ4v) is 5.47. The zero-order chi connectivity index (χ0) is 19.2. The summed E-state index contributed by atoms with van der Waals surface area (Å²) in [6, 6.07) is -2.33. The van der Waals surface area contributed by atoms with E-state index in [1.165, 1.54) is 6.92 Å². The fourth-order valence-electron chi connectivity index (χ4n) is 3.43. The number of nitrogens with zero attached hydrogens (tertiary/aromatic N) is 1. The van der Waals surface area contributed by atoms with Crippen LogP contribution in [0.5, 0.6) is 0 Å².